The zero-order valence-corrected chi connectivity index (χ0v) is 8.05. The van der Waals surface area contributed by atoms with E-state index in [2.05, 4.69) is 10.3 Å². The molecule has 2 aliphatic rings. The van der Waals surface area contributed by atoms with E-state index >= 15 is 0 Å². The molecule has 13 heavy (non-hydrogen) atoms. The summed E-state index contributed by atoms with van der Waals surface area (Å²) in [4.78, 5) is 15.4. The molecule has 3 heteroatoms. The van der Waals surface area contributed by atoms with Crippen molar-refractivity contribution in [2.45, 2.75) is 45.1 Å². The van der Waals surface area contributed by atoms with Gasteiger partial charge in [0.2, 0.25) is 5.91 Å². The van der Waals surface area contributed by atoms with Crippen molar-refractivity contribution in [3.63, 3.8) is 0 Å². The molecule has 0 radical (unpaired) electrons. The number of carbonyl (C=O) groups excluding carboxylic acids is 1. The molecule has 1 aliphatic carbocycles. The second kappa shape index (κ2) is 3.48. The van der Waals surface area contributed by atoms with Crippen LogP contribution in [0.15, 0.2) is 4.99 Å². The first kappa shape index (κ1) is 8.73. The predicted molar refractivity (Wildman–Crippen MR) is 51.6 cm³/mol. The quantitative estimate of drug-likeness (QED) is 0.687. The first-order valence-corrected chi connectivity index (χ1v) is 5.13. The number of amidine groups is 1. The maximum Gasteiger partial charge on any atom is 0.249 e. The number of nitrogens with one attached hydrogen (secondary N) is 1. The number of amides is 1. The van der Waals surface area contributed by atoms with Crippen LogP contribution in [0, 0.1) is 5.92 Å². The van der Waals surface area contributed by atoms with Crippen LogP contribution < -0.4 is 5.32 Å². The van der Waals surface area contributed by atoms with Gasteiger partial charge in [-0.3, -0.25) is 9.79 Å². The largest absolute Gasteiger partial charge is 0.313 e. The van der Waals surface area contributed by atoms with E-state index < -0.39 is 0 Å². The number of aliphatic imine (C=N–C) groups is 1. The summed E-state index contributed by atoms with van der Waals surface area (Å²) in [7, 11) is 0. The van der Waals surface area contributed by atoms with Crippen molar-refractivity contribution in [1.29, 1.82) is 0 Å². The maximum atomic E-state index is 11.1. The summed E-state index contributed by atoms with van der Waals surface area (Å²) in [6.07, 6.45) is 6.30. The number of hydrogen-bond acceptors (Lipinski definition) is 2. The van der Waals surface area contributed by atoms with Crippen LogP contribution >= 0.6 is 0 Å². The summed E-state index contributed by atoms with van der Waals surface area (Å²) >= 11 is 0. The molecule has 0 saturated heterocycles. The first-order chi connectivity index (χ1) is 6.25. The third kappa shape index (κ3) is 1.90. The van der Waals surface area contributed by atoms with E-state index in [1.54, 1.807) is 0 Å². The normalized spacial score (nSPS) is 29.2. The number of carbonyl (C=O) groups is 1. The van der Waals surface area contributed by atoms with Gasteiger partial charge in [0.05, 0.1) is 0 Å². The smallest absolute Gasteiger partial charge is 0.249 e. The Hall–Kier alpha value is -0.860. The SMILES string of the molecule is CC1N=C(CC2CCCC2)NC1=O. The minimum Gasteiger partial charge on any atom is -0.313 e. The highest BCUT2D eigenvalue weighted by molar-refractivity contribution is 6.05. The van der Waals surface area contributed by atoms with E-state index in [0.717, 1.165) is 18.2 Å². The zero-order chi connectivity index (χ0) is 9.26. The summed E-state index contributed by atoms with van der Waals surface area (Å²) in [6.45, 7) is 1.84. The van der Waals surface area contributed by atoms with Crippen molar-refractivity contribution in [2.75, 3.05) is 0 Å². The molecule has 1 unspecified atom stereocenters. The molecule has 1 atom stereocenters. The molecular formula is C10H16N2O. The predicted octanol–water partition coefficient (Wildman–Crippen LogP) is 1.48. The fourth-order valence-electron chi connectivity index (χ4n) is 2.16. The summed E-state index contributed by atoms with van der Waals surface area (Å²) in [5, 5.41) is 2.84. The fourth-order valence-corrected chi connectivity index (χ4v) is 2.16. The van der Waals surface area contributed by atoms with Crippen LogP contribution in [0.4, 0.5) is 0 Å². The number of hydrogen-bond donors (Lipinski definition) is 1. The minimum atomic E-state index is -0.156. The molecule has 1 aliphatic heterocycles. The van der Waals surface area contributed by atoms with Crippen molar-refractivity contribution in [2.24, 2.45) is 10.9 Å². The van der Waals surface area contributed by atoms with Crippen molar-refractivity contribution >= 4 is 11.7 Å². The Balaban J connectivity index is 1.88. The Bertz CT molecular complexity index is 241. The van der Waals surface area contributed by atoms with E-state index in [1.165, 1.54) is 25.7 Å². The molecule has 1 saturated carbocycles. The minimum absolute atomic E-state index is 0.0630. The van der Waals surface area contributed by atoms with Crippen LogP contribution in [0.2, 0.25) is 0 Å². The molecule has 0 aromatic heterocycles. The van der Waals surface area contributed by atoms with Gasteiger partial charge in [0.25, 0.3) is 0 Å². The average molecular weight is 180 g/mol. The summed E-state index contributed by atoms with van der Waals surface area (Å²) in [5.74, 6) is 1.75. The molecule has 0 aromatic rings. The molecule has 0 aromatic carbocycles. The van der Waals surface area contributed by atoms with Gasteiger partial charge in [0, 0.05) is 6.42 Å². The lowest BCUT2D eigenvalue weighted by Gasteiger charge is -2.07. The highest BCUT2D eigenvalue weighted by Crippen LogP contribution is 2.28. The lowest BCUT2D eigenvalue weighted by atomic mass is 10.0. The zero-order valence-electron chi connectivity index (χ0n) is 8.05. The van der Waals surface area contributed by atoms with Crippen LogP contribution in [0.3, 0.4) is 0 Å². The monoisotopic (exact) mass is 180 g/mol. The molecule has 0 spiro atoms. The van der Waals surface area contributed by atoms with Crippen LogP contribution in [0.1, 0.15) is 39.0 Å². The Morgan fingerprint density at radius 2 is 2.15 bits per heavy atom. The summed E-state index contributed by atoms with van der Waals surface area (Å²) in [5.41, 5.74) is 0. The second-order valence-corrected chi connectivity index (χ2v) is 4.10. The molecular weight excluding hydrogens is 164 g/mol. The van der Waals surface area contributed by atoms with Crippen LogP contribution in [0.25, 0.3) is 0 Å². The van der Waals surface area contributed by atoms with Crippen LogP contribution in [-0.4, -0.2) is 17.8 Å². The summed E-state index contributed by atoms with van der Waals surface area (Å²) < 4.78 is 0. The number of rotatable bonds is 2. The molecule has 3 nitrogen and oxygen atoms in total. The number of nitrogens with zero attached hydrogens (tertiary/aromatic N) is 1. The van der Waals surface area contributed by atoms with Gasteiger partial charge in [-0.2, -0.15) is 0 Å². The van der Waals surface area contributed by atoms with Gasteiger partial charge in [-0.1, -0.05) is 25.7 Å². The lowest BCUT2D eigenvalue weighted by Crippen LogP contribution is -2.28. The Morgan fingerprint density at radius 3 is 2.69 bits per heavy atom. The Morgan fingerprint density at radius 1 is 1.46 bits per heavy atom. The molecule has 1 fully saturated rings. The average Bonchev–Trinajstić information content (AvgIpc) is 2.64. The lowest BCUT2D eigenvalue weighted by molar-refractivity contribution is -0.119. The van der Waals surface area contributed by atoms with Crippen molar-refractivity contribution in [3.05, 3.63) is 0 Å². The van der Waals surface area contributed by atoms with Gasteiger partial charge < -0.3 is 5.32 Å². The van der Waals surface area contributed by atoms with Crippen molar-refractivity contribution in [1.82, 2.24) is 5.32 Å². The summed E-state index contributed by atoms with van der Waals surface area (Å²) in [6, 6.07) is -0.156. The van der Waals surface area contributed by atoms with E-state index in [0.29, 0.717) is 0 Å². The fraction of sp³-hybridized carbons (Fsp3) is 0.800. The van der Waals surface area contributed by atoms with Crippen LogP contribution in [-0.2, 0) is 4.79 Å². The van der Waals surface area contributed by atoms with E-state index in [9.17, 15) is 4.79 Å². The molecule has 0 bridgehead atoms. The van der Waals surface area contributed by atoms with E-state index in [-0.39, 0.29) is 11.9 Å². The first-order valence-electron chi connectivity index (χ1n) is 5.13. The van der Waals surface area contributed by atoms with E-state index in [4.69, 9.17) is 0 Å². The highest BCUT2D eigenvalue weighted by Gasteiger charge is 2.25. The highest BCUT2D eigenvalue weighted by atomic mass is 16.2. The second-order valence-electron chi connectivity index (χ2n) is 4.10. The molecule has 1 amide bonds. The Labute approximate surface area is 78.6 Å². The van der Waals surface area contributed by atoms with Crippen LogP contribution in [0.5, 0.6) is 0 Å². The standard InChI is InChI=1S/C10H16N2O/c1-7-10(13)12-9(11-7)6-8-4-2-3-5-8/h7-8H,2-6H2,1H3,(H,11,12,13). The van der Waals surface area contributed by atoms with Gasteiger partial charge >= 0.3 is 0 Å². The molecule has 1 N–H and O–H groups in total. The van der Waals surface area contributed by atoms with Crippen molar-refractivity contribution < 1.29 is 4.79 Å². The third-order valence-corrected chi connectivity index (χ3v) is 2.95. The molecule has 72 valence electrons. The van der Waals surface area contributed by atoms with Crippen molar-refractivity contribution in [3.8, 4) is 0 Å². The van der Waals surface area contributed by atoms with Gasteiger partial charge in [-0.15, -0.1) is 0 Å². The Kier molecular flexibility index (Phi) is 2.34. The van der Waals surface area contributed by atoms with Gasteiger partial charge in [-0.25, -0.2) is 0 Å². The van der Waals surface area contributed by atoms with E-state index in [1.807, 2.05) is 6.92 Å². The maximum absolute atomic E-state index is 11.1. The topological polar surface area (TPSA) is 41.5 Å². The van der Waals surface area contributed by atoms with Gasteiger partial charge in [0.1, 0.15) is 11.9 Å². The van der Waals surface area contributed by atoms with Gasteiger partial charge in [-0.05, 0) is 12.8 Å². The molecule has 1 heterocycles. The molecule has 2 rings (SSSR count). The van der Waals surface area contributed by atoms with Gasteiger partial charge in [0.15, 0.2) is 0 Å². The third-order valence-electron chi connectivity index (χ3n) is 2.95.